The van der Waals surface area contributed by atoms with E-state index in [1.807, 2.05) is 0 Å². The first-order valence-electron chi connectivity index (χ1n) is 5.29. The highest BCUT2D eigenvalue weighted by Gasteiger charge is 2.08. The third kappa shape index (κ3) is 3.79. The van der Waals surface area contributed by atoms with Crippen molar-refractivity contribution >= 4 is 0 Å². The minimum absolute atomic E-state index is 1.00. The van der Waals surface area contributed by atoms with E-state index in [0.717, 1.165) is 11.8 Å². The van der Waals surface area contributed by atoms with E-state index in [1.54, 1.807) is 0 Å². The second-order valence-corrected chi connectivity index (χ2v) is 4.43. The normalized spacial score (nSPS) is 35.5. The largest absolute Gasteiger partial charge is 0.0625 e. The molecule has 0 heteroatoms. The molecule has 0 saturated heterocycles. The Bertz CT molecular complexity index is 84.2. The van der Waals surface area contributed by atoms with Crippen molar-refractivity contribution in [3.8, 4) is 0 Å². The summed E-state index contributed by atoms with van der Waals surface area (Å²) >= 11 is 0. The predicted octanol–water partition coefficient (Wildman–Crippen LogP) is 4.00. The van der Waals surface area contributed by atoms with Crippen LogP contribution in [-0.4, -0.2) is 0 Å². The zero-order chi connectivity index (χ0) is 8.10. The summed E-state index contributed by atoms with van der Waals surface area (Å²) in [6.45, 7) is 4.83. The molecule has 0 aromatic carbocycles. The standard InChI is InChI=1S/C11H22/c1-10-6-3-4-7-11(2)9-5-8-10/h10-11H,3-9H2,1-2H3. The molecule has 1 aliphatic rings. The van der Waals surface area contributed by atoms with Crippen LogP contribution in [0.2, 0.25) is 0 Å². The summed E-state index contributed by atoms with van der Waals surface area (Å²) in [5.41, 5.74) is 0. The van der Waals surface area contributed by atoms with E-state index in [2.05, 4.69) is 13.8 Å². The second-order valence-electron chi connectivity index (χ2n) is 4.43. The average Bonchev–Trinajstić information content (AvgIpc) is 2.04. The van der Waals surface area contributed by atoms with Crippen molar-refractivity contribution in [3.05, 3.63) is 0 Å². The van der Waals surface area contributed by atoms with Crippen molar-refractivity contribution in [2.75, 3.05) is 0 Å². The fourth-order valence-corrected chi connectivity index (χ4v) is 2.09. The molecule has 66 valence electrons. The van der Waals surface area contributed by atoms with Gasteiger partial charge in [-0.25, -0.2) is 0 Å². The maximum atomic E-state index is 2.41. The lowest BCUT2D eigenvalue weighted by Gasteiger charge is -2.08. The Morgan fingerprint density at radius 2 is 1.00 bits per heavy atom. The third-order valence-electron chi connectivity index (χ3n) is 3.04. The number of hydrogen-bond acceptors (Lipinski definition) is 0. The molecule has 0 bridgehead atoms. The van der Waals surface area contributed by atoms with Crippen molar-refractivity contribution in [3.63, 3.8) is 0 Å². The summed E-state index contributed by atoms with van der Waals surface area (Å²) < 4.78 is 0. The molecule has 0 spiro atoms. The Balaban J connectivity index is 2.24. The Kier molecular flexibility index (Phi) is 3.96. The Morgan fingerprint density at radius 1 is 0.636 bits per heavy atom. The lowest BCUT2D eigenvalue weighted by atomic mass is 9.98. The van der Waals surface area contributed by atoms with Crippen molar-refractivity contribution < 1.29 is 0 Å². The molecule has 2 atom stereocenters. The lowest BCUT2D eigenvalue weighted by molar-refractivity contribution is 0.447. The van der Waals surface area contributed by atoms with Gasteiger partial charge in [-0.3, -0.25) is 0 Å². The predicted molar refractivity (Wildman–Crippen MR) is 50.6 cm³/mol. The Labute approximate surface area is 71.4 Å². The Morgan fingerprint density at radius 3 is 1.45 bits per heavy atom. The van der Waals surface area contributed by atoms with Gasteiger partial charge < -0.3 is 0 Å². The molecule has 0 heterocycles. The van der Waals surface area contributed by atoms with Gasteiger partial charge >= 0.3 is 0 Å². The van der Waals surface area contributed by atoms with Crippen LogP contribution in [0.1, 0.15) is 58.8 Å². The molecule has 0 radical (unpaired) electrons. The number of hydrogen-bond donors (Lipinski definition) is 0. The first kappa shape index (κ1) is 9.09. The summed E-state index contributed by atoms with van der Waals surface area (Å²) in [7, 11) is 0. The quantitative estimate of drug-likeness (QED) is 0.494. The van der Waals surface area contributed by atoms with Crippen LogP contribution in [0.5, 0.6) is 0 Å². The number of rotatable bonds is 0. The van der Waals surface area contributed by atoms with Gasteiger partial charge in [0.15, 0.2) is 0 Å². The minimum Gasteiger partial charge on any atom is -0.0625 e. The van der Waals surface area contributed by atoms with Gasteiger partial charge in [0.25, 0.3) is 0 Å². The van der Waals surface area contributed by atoms with Crippen molar-refractivity contribution in [2.24, 2.45) is 11.8 Å². The summed E-state index contributed by atoms with van der Waals surface area (Å²) in [6, 6.07) is 0. The maximum absolute atomic E-state index is 2.41. The van der Waals surface area contributed by atoms with E-state index in [1.165, 1.54) is 44.9 Å². The zero-order valence-electron chi connectivity index (χ0n) is 8.10. The monoisotopic (exact) mass is 154 g/mol. The van der Waals surface area contributed by atoms with Crippen LogP contribution in [0.4, 0.5) is 0 Å². The molecular formula is C11H22. The fourth-order valence-electron chi connectivity index (χ4n) is 2.09. The van der Waals surface area contributed by atoms with Crippen molar-refractivity contribution in [1.29, 1.82) is 0 Å². The molecule has 1 aliphatic carbocycles. The highest BCUT2D eigenvalue weighted by atomic mass is 14.1. The maximum Gasteiger partial charge on any atom is -0.0443 e. The van der Waals surface area contributed by atoms with Crippen LogP contribution < -0.4 is 0 Å². The van der Waals surface area contributed by atoms with Gasteiger partial charge in [-0.05, 0) is 11.8 Å². The van der Waals surface area contributed by atoms with Crippen LogP contribution >= 0.6 is 0 Å². The average molecular weight is 154 g/mol. The molecule has 1 rings (SSSR count). The molecule has 1 fully saturated rings. The third-order valence-corrected chi connectivity index (χ3v) is 3.04. The van der Waals surface area contributed by atoms with E-state index in [-0.39, 0.29) is 0 Å². The van der Waals surface area contributed by atoms with E-state index in [0.29, 0.717) is 0 Å². The molecule has 0 aromatic rings. The van der Waals surface area contributed by atoms with Gasteiger partial charge in [0, 0.05) is 0 Å². The smallest absolute Gasteiger partial charge is 0.0443 e. The van der Waals surface area contributed by atoms with Crippen LogP contribution in [0.15, 0.2) is 0 Å². The summed E-state index contributed by atoms with van der Waals surface area (Å²) in [5.74, 6) is 2.00. The molecule has 0 aromatic heterocycles. The van der Waals surface area contributed by atoms with Crippen LogP contribution in [0, 0.1) is 11.8 Å². The van der Waals surface area contributed by atoms with Crippen molar-refractivity contribution in [1.82, 2.24) is 0 Å². The van der Waals surface area contributed by atoms with Gasteiger partial charge in [-0.15, -0.1) is 0 Å². The summed E-state index contributed by atoms with van der Waals surface area (Å²) in [6.07, 6.45) is 10.3. The molecule has 0 N–H and O–H groups in total. The zero-order valence-corrected chi connectivity index (χ0v) is 8.10. The van der Waals surface area contributed by atoms with Crippen molar-refractivity contribution in [2.45, 2.75) is 58.8 Å². The molecule has 0 nitrogen and oxygen atoms in total. The SMILES string of the molecule is CC1CCCCC(C)CCC1. The lowest BCUT2D eigenvalue weighted by Crippen LogP contribution is -1.94. The topological polar surface area (TPSA) is 0 Å². The molecule has 0 amide bonds. The highest BCUT2D eigenvalue weighted by Crippen LogP contribution is 2.24. The van der Waals surface area contributed by atoms with Gasteiger partial charge in [-0.1, -0.05) is 58.8 Å². The first-order valence-corrected chi connectivity index (χ1v) is 5.29. The van der Waals surface area contributed by atoms with Crippen LogP contribution in [0.25, 0.3) is 0 Å². The van der Waals surface area contributed by atoms with Gasteiger partial charge in [-0.2, -0.15) is 0 Å². The first-order chi connectivity index (χ1) is 5.29. The molecular weight excluding hydrogens is 132 g/mol. The minimum atomic E-state index is 1.00. The summed E-state index contributed by atoms with van der Waals surface area (Å²) in [4.78, 5) is 0. The fraction of sp³-hybridized carbons (Fsp3) is 1.00. The second kappa shape index (κ2) is 4.79. The Hall–Kier alpha value is 0. The highest BCUT2D eigenvalue weighted by molar-refractivity contribution is 4.62. The van der Waals surface area contributed by atoms with Gasteiger partial charge in [0.1, 0.15) is 0 Å². The molecule has 2 unspecified atom stereocenters. The van der Waals surface area contributed by atoms with Gasteiger partial charge in [0.05, 0.1) is 0 Å². The molecule has 0 aliphatic heterocycles. The van der Waals surface area contributed by atoms with E-state index in [9.17, 15) is 0 Å². The molecule has 1 saturated carbocycles. The van der Waals surface area contributed by atoms with Crippen LogP contribution in [-0.2, 0) is 0 Å². The summed E-state index contributed by atoms with van der Waals surface area (Å²) in [5, 5.41) is 0. The van der Waals surface area contributed by atoms with E-state index < -0.39 is 0 Å². The molecule has 11 heavy (non-hydrogen) atoms. The van der Waals surface area contributed by atoms with E-state index >= 15 is 0 Å². The van der Waals surface area contributed by atoms with Gasteiger partial charge in [0.2, 0.25) is 0 Å². The van der Waals surface area contributed by atoms with E-state index in [4.69, 9.17) is 0 Å². The van der Waals surface area contributed by atoms with Crippen LogP contribution in [0.3, 0.4) is 0 Å².